The highest BCUT2D eigenvalue weighted by Crippen LogP contribution is 2.55. The van der Waals surface area contributed by atoms with E-state index in [4.69, 9.17) is 0 Å². The van der Waals surface area contributed by atoms with Crippen LogP contribution in [0.2, 0.25) is 0 Å². The van der Waals surface area contributed by atoms with Gasteiger partial charge in [0.1, 0.15) is 0 Å². The molecule has 2 bridgehead atoms. The Labute approximate surface area is 133 Å². The Kier molecular flexibility index (Phi) is 3.81. The molecular formula is C19H22ClN. The molecular weight excluding hydrogens is 278 g/mol. The van der Waals surface area contributed by atoms with Crippen molar-refractivity contribution >= 4 is 12.4 Å². The summed E-state index contributed by atoms with van der Waals surface area (Å²) in [6.45, 7) is 1.18. The summed E-state index contributed by atoms with van der Waals surface area (Å²) in [5.41, 5.74) is 6.31. The third kappa shape index (κ3) is 2.20. The molecule has 0 aliphatic heterocycles. The van der Waals surface area contributed by atoms with E-state index in [9.17, 15) is 0 Å². The van der Waals surface area contributed by atoms with Crippen LogP contribution in [-0.2, 0) is 6.42 Å². The Morgan fingerprint density at radius 3 is 2.24 bits per heavy atom. The first kappa shape index (κ1) is 14.6. The predicted octanol–water partition coefficient (Wildman–Crippen LogP) is 4.07. The Hall–Kier alpha value is -1.31. The van der Waals surface area contributed by atoms with Crippen molar-refractivity contribution in [3.63, 3.8) is 0 Å². The van der Waals surface area contributed by atoms with Crippen LogP contribution in [0.5, 0.6) is 0 Å². The summed E-state index contributed by atoms with van der Waals surface area (Å²) in [5.74, 6) is 2.04. The summed E-state index contributed by atoms with van der Waals surface area (Å²) in [7, 11) is 4.40. The molecule has 2 aliphatic rings. The van der Waals surface area contributed by atoms with Gasteiger partial charge in [0, 0.05) is 12.5 Å². The first-order valence-electron chi connectivity index (χ1n) is 7.57. The lowest BCUT2D eigenvalue weighted by Gasteiger charge is -2.34. The Morgan fingerprint density at radius 1 is 0.905 bits per heavy atom. The maximum Gasteiger partial charge on any atom is 0.0141 e. The summed E-state index contributed by atoms with van der Waals surface area (Å²) >= 11 is 0. The first-order chi connectivity index (χ1) is 9.75. The van der Waals surface area contributed by atoms with Crippen molar-refractivity contribution in [3.8, 4) is 0 Å². The highest BCUT2D eigenvalue weighted by molar-refractivity contribution is 5.85. The molecule has 0 saturated heterocycles. The van der Waals surface area contributed by atoms with Gasteiger partial charge in [0.25, 0.3) is 0 Å². The van der Waals surface area contributed by atoms with Crippen molar-refractivity contribution in [2.75, 3.05) is 20.6 Å². The van der Waals surface area contributed by atoms with Gasteiger partial charge in [-0.2, -0.15) is 0 Å². The molecule has 2 aromatic carbocycles. The van der Waals surface area contributed by atoms with Crippen LogP contribution >= 0.6 is 12.4 Å². The molecule has 0 fully saturated rings. The van der Waals surface area contributed by atoms with Crippen LogP contribution in [-0.4, -0.2) is 25.5 Å². The number of hydrogen-bond donors (Lipinski definition) is 0. The maximum absolute atomic E-state index is 2.36. The Balaban J connectivity index is 0.00000132. The van der Waals surface area contributed by atoms with E-state index in [0.717, 1.165) is 5.92 Å². The van der Waals surface area contributed by atoms with Crippen molar-refractivity contribution in [1.82, 2.24) is 4.90 Å². The van der Waals surface area contributed by atoms with Gasteiger partial charge in [-0.25, -0.2) is 0 Å². The van der Waals surface area contributed by atoms with Gasteiger partial charge in [-0.1, -0.05) is 48.5 Å². The molecule has 21 heavy (non-hydrogen) atoms. The largest absolute Gasteiger partial charge is 0.309 e. The van der Waals surface area contributed by atoms with Gasteiger partial charge in [-0.15, -0.1) is 12.4 Å². The number of rotatable bonds is 2. The fraction of sp³-hybridized carbons (Fsp3) is 0.368. The lowest BCUT2D eigenvalue weighted by Crippen LogP contribution is -2.31. The molecule has 110 valence electrons. The van der Waals surface area contributed by atoms with Gasteiger partial charge in [-0.3, -0.25) is 0 Å². The van der Waals surface area contributed by atoms with E-state index < -0.39 is 0 Å². The zero-order valence-corrected chi connectivity index (χ0v) is 13.4. The summed E-state index contributed by atoms with van der Waals surface area (Å²) in [5, 5.41) is 0. The molecule has 3 atom stereocenters. The molecule has 0 aromatic heterocycles. The van der Waals surface area contributed by atoms with Crippen LogP contribution < -0.4 is 0 Å². The zero-order chi connectivity index (χ0) is 13.7. The monoisotopic (exact) mass is 299 g/mol. The van der Waals surface area contributed by atoms with Crippen LogP contribution in [0.1, 0.15) is 34.1 Å². The fourth-order valence-corrected chi connectivity index (χ4v) is 4.40. The zero-order valence-electron chi connectivity index (χ0n) is 12.6. The number of hydrogen-bond acceptors (Lipinski definition) is 1. The van der Waals surface area contributed by atoms with E-state index in [0.29, 0.717) is 11.8 Å². The summed E-state index contributed by atoms with van der Waals surface area (Å²) in [6, 6.07) is 18.2. The van der Waals surface area contributed by atoms with Gasteiger partial charge >= 0.3 is 0 Å². The maximum atomic E-state index is 2.36. The second-order valence-electron chi connectivity index (χ2n) is 6.54. The van der Waals surface area contributed by atoms with Crippen LogP contribution in [0.15, 0.2) is 48.5 Å². The van der Waals surface area contributed by atoms with Crippen molar-refractivity contribution in [3.05, 3.63) is 70.8 Å². The average Bonchev–Trinajstić information content (AvgIpc) is 2.65. The molecule has 2 aromatic rings. The Morgan fingerprint density at radius 2 is 1.52 bits per heavy atom. The molecule has 0 radical (unpaired) electrons. The average molecular weight is 300 g/mol. The molecule has 4 rings (SSSR count). The SMILES string of the molecule is CN(C)C[C@@H]1[C@H]2c3ccccc3C[C@@H]1c1ccccc12.Cl. The molecule has 0 N–H and O–H groups in total. The second kappa shape index (κ2) is 5.47. The van der Waals surface area contributed by atoms with Crippen molar-refractivity contribution in [2.45, 2.75) is 18.3 Å². The quantitative estimate of drug-likeness (QED) is 0.808. The van der Waals surface area contributed by atoms with E-state index in [1.54, 1.807) is 22.3 Å². The molecule has 1 nitrogen and oxygen atoms in total. The molecule has 0 saturated carbocycles. The number of benzene rings is 2. The topological polar surface area (TPSA) is 3.24 Å². The Bertz CT molecular complexity index is 639. The van der Waals surface area contributed by atoms with Gasteiger partial charge in [0.2, 0.25) is 0 Å². The van der Waals surface area contributed by atoms with Gasteiger partial charge in [0.05, 0.1) is 0 Å². The molecule has 0 amide bonds. The van der Waals surface area contributed by atoms with Gasteiger partial charge in [0.15, 0.2) is 0 Å². The number of nitrogens with zero attached hydrogens (tertiary/aromatic N) is 1. The van der Waals surface area contributed by atoms with Gasteiger partial charge in [-0.05, 0) is 54.6 Å². The summed E-state index contributed by atoms with van der Waals surface area (Å²) < 4.78 is 0. The van der Waals surface area contributed by atoms with Crippen LogP contribution in [0.25, 0.3) is 0 Å². The fourth-order valence-electron chi connectivity index (χ4n) is 4.40. The molecule has 0 unspecified atom stereocenters. The standard InChI is InChI=1S/C19H21N.ClH/c1-20(2)12-18-17-11-13-7-3-4-8-14(13)19(18)16-10-6-5-9-15(16)17;/h3-10,17-19H,11-12H2,1-2H3;1H/t17-,18+,19+;/m1./s1. The summed E-state index contributed by atoms with van der Waals surface area (Å²) in [4.78, 5) is 2.35. The van der Waals surface area contributed by atoms with Crippen LogP contribution in [0, 0.1) is 5.92 Å². The number of fused-ring (bicyclic) bond motifs is 7. The molecule has 0 spiro atoms. The van der Waals surface area contributed by atoms with E-state index in [1.807, 2.05) is 0 Å². The highest BCUT2D eigenvalue weighted by Gasteiger charge is 2.45. The van der Waals surface area contributed by atoms with Crippen molar-refractivity contribution < 1.29 is 0 Å². The first-order valence-corrected chi connectivity index (χ1v) is 7.57. The van der Waals surface area contributed by atoms with E-state index >= 15 is 0 Å². The van der Waals surface area contributed by atoms with Crippen molar-refractivity contribution in [1.29, 1.82) is 0 Å². The number of halogens is 1. The lowest BCUT2D eigenvalue weighted by atomic mass is 9.73. The third-order valence-corrected chi connectivity index (χ3v) is 5.08. The van der Waals surface area contributed by atoms with E-state index in [1.165, 1.54) is 13.0 Å². The smallest absolute Gasteiger partial charge is 0.0141 e. The molecule has 2 heteroatoms. The second-order valence-corrected chi connectivity index (χ2v) is 6.54. The normalized spacial score (nSPS) is 25.2. The van der Waals surface area contributed by atoms with Crippen molar-refractivity contribution in [2.24, 2.45) is 5.92 Å². The van der Waals surface area contributed by atoms with E-state index in [2.05, 4.69) is 67.5 Å². The highest BCUT2D eigenvalue weighted by atomic mass is 35.5. The molecule has 2 aliphatic carbocycles. The lowest BCUT2D eigenvalue weighted by molar-refractivity contribution is 0.274. The minimum Gasteiger partial charge on any atom is -0.309 e. The van der Waals surface area contributed by atoms with Gasteiger partial charge < -0.3 is 4.90 Å². The minimum absolute atomic E-state index is 0. The predicted molar refractivity (Wildman–Crippen MR) is 90.5 cm³/mol. The minimum atomic E-state index is 0. The molecule has 0 heterocycles. The van der Waals surface area contributed by atoms with Crippen LogP contribution in [0.3, 0.4) is 0 Å². The van der Waals surface area contributed by atoms with E-state index in [-0.39, 0.29) is 12.4 Å². The van der Waals surface area contributed by atoms with Crippen LogP contribution in [0.4, 0.5) is 0 Å². The summed E-state index contributed by atoms with van der Waals surface area (Å²) in [6.07, 6.45) is 1.21. The third-order valence-electron chi connectivity index (χ3n) is 5.08.